The smallest absolute Gasteiger partial charge is 0.332 e. The number of pyridine rings is 1. The van der Waals surface area contributed by atoms with Gasteiger partial charge in [-0.1, -0.05) is 0 Å². The maximum atomic E-state index is 12.5. The third kappa shape index (κ3) is 3.38. The van der Waals surface area contributed by atoms with E-state index in [4.69, 9.17) is 0 Å². The Morgan fingerprint density at radius 1 is 1.07 bits per heavy atom. The van der Waals surface area contributed by atoms with Crippen LogP contribution in [0.3, 0.4) is 0 Å². The molecule has 0 saturated heterocycles. The number of hydrogen-bond acceptors (Lipinski definition) is 8. The number of hydrogen-bond donors (Lipinski definition) is 2. The average Bonchev–Trinajstić information content (AvgIpc) is 3.15. The quantitative estimate of drug-likeness (QED) is 0.442. The molecule has 0 bridgehead atoms. The zero-order chi connectivity index (χ0) is 20.5. The van der Waals surface area contributed by atoms with Crippen LogP contribution in [-0.4, -0.2) is 45.2 Å². The maximum absolute atomic E-state index is 12.5. The SMILES string of the molecule is Cn1c(=O)c2c(ncn2CC(O)Nc2ccc(-c3ccncc3)nn2)n(C)c1=O. The third-order valence-electron chi connectivity index (χ3n) is 4.54. The molecule has 0 fully saturated rings. The molecule has 0 amide bonds. The number of aryl methyl sites for hydroxylation is 1. The van der Waals surface area contributed by atoms with Crippen LogP contribution < -0.4 is 16.6 Å². The van der Waals surface area contributed by atoms with Crippen molar-refractivity contribution in [3.05, 3.63) is 63.8 Å². The van der Waals surface area contributed by atoms with E-state index >= 15 is 0 Å². The van der Waals surface area contributed by atoms with Crippen molar-refractivity contribution in [2.75, 3.05) is 5.32 Å². The topological polar surface area (TPSA) is 133 Å². The van der Waals surface area contributed by atoms with Gasteiger partial charge in [0.15, 0.2) is 17.0 Å². The number of rotatable bonds is 5. The molecule has 11 heteroatoms. The predicted octanol–water partition coefficient (Wildman–Crippen LogP) is -0.284. The number of imidazole rings is 1. The van der Waals surface area contributed by atoms with Crippen molar-refractivity contribution in [1.82, 2.24) is 33.9 Å². The second-order valence-electron chi connectivity index (χ2n) is 6.47. The zero-order valence-electron chi connectivity index (χ0n) is 15.7. The Balaban J connectivity index is 1.54. The van der Waals surface area contributed by atoms with E-state index in [0.717, 1.165) is 10.1 Å². The van der Waals surface area contributed by atoms with Gasteiger partial charge in [0.05, 0.1) is 18.6 Å². The molecule has 11 nitrogen and oxygen atoms in total. The lowest BCUT2D eigenvalue weighted by molar-refractivity contribution is 0.183. The van der Waals surface area contributed by atoms with Crippen LogP contribution in [0.4, 0.5) is 5.82 Å². The number of nitrogens with one attached hydrogen (secondary N) is 1. The van der Waals surface area contributed by atoms with E-state index in [0.29, 0.717) is 11.5 Å². The molecular weight excluding hydrogens is 376 g/mol. The third-order valence-corrected chi connectivity index (χ3v) is 4.54. The highest BCUT2D eigenvalue weighted by Crippen LogP contribution is 2.16. The molecule has 4 aromatic heterocycles. The molecule has 1 atom stereocenters. The van der Waals surface area contributed by atoms with E-state index in [1.54, 1.807) is 24.5 Å². The summed E-state index contributed by atoms with van der Waals surface area (Å²) in [4.78, 5) is 32.5. The molecule has 1 unspecified atom stereocenters. The van der Waals surface area contributed by atoms with Crippen molar-refractivity contribution in [3.8, 4) is 11.3 Å². The fraction of sp³-hybridized carbons (Fsp3) is 0.222. The largest absolute Gasteiger partial charge is 0.372 e. The number of aromatic nitrogens is 7. The number of nitrogens with zero attached hydrogens (tertiary/aromatic N) is 7. The molecule has 0 saturated carbocycles. The van der Waals surface area contributed by atoms with Crippen LogP contribution in [0.25, 0.3) is 22.4 Å². The molecule has 0 aromatic carbocycles. The van der Waals surface area contributed by atoms with Gasteiger partial charge < -0.3 is 15.0 Å². The van der Waals surface area contributed by atoms with Crippen LogP contribution >= 0.6 is 0 Å². The average molecular weight is 394 g/mol. The first-order valence-electron chi connectivity index (χ1n) is 8.75. The van der Waals surface area contributed by atoms with Gasteiger partial charge in [-0.05, 0) is 24.3 Å². The number of aliphatic hydroxyl groups is 1. The van der Waals surface area contributed by atoms with Crippen molar-refractivity contribution >= 4 is 17.0 Å². The molecule has 0 aliphatic rings. The van der Waals surface area contributed by atoms with E-state index in [9.17, 15) is 14.7 Å². The maximum Gasteiger partial charge on any atom is 0.332 e. The molecule has 2 N–H and O–H groups in total. The van der Waals surface area contributed by atoms with Gasteiger partial charge in [0.25, 0.3) is 5.56 Å². The minimum Gasteiger partial charge on any atom is -0.372 e. The Morgan fingerprint density at radius 2 is 1.83 bits per heavy atom. The van der Waals surface area contributed by atoms with Gasteiger partial charge >= 0.3 is 5.69 Å². The van der Waals surface area contributed by atoms with Crippen LogP contribution in [0.15, 0.2) is 52.6 Å². The van der Waals surface area contributed by atoms with Gasteiger partial charge in [0, 0.05) is 32.1 Å². The summed E-state index contributed by atoms with van der Waals surface area (Å²) in [7, 11) is 2.94. The lowest BCUT2D eigenvalue weighted by atomic mass is 10.2. The summed E-state index contributed by atoms with van der Waals surface area (Å²) in [5.74, 6) is 0.375. The second kappa shape index (κ2) is 7.28. The lowest BCUT2D eigenvalue weighted by Gasteiger charge is -2.14. The number of fused-ring (bicyclic) bond motifs is 1. The molecule has 29 heavy (non-hydrogen) atoms. The molecule has 0 aliphatic heterocycles. The molecular formula is C18H18N8O3. The fourth-order valence-corrected chi connectivity index (χ4v) is 3.02. The summed E-state index contributed by atoms with van der Waals surface area (Å²) in [6.45, 7) is 0.0255. The number of aliphatic hydroxyl groups excluding tert-OH is 1. The van der Waals surface area contributed by atoms with E-state index in [2.05, 4.69) is 25.5 Å². The monoisotopic (exact) mass is 394 g/mol. The van der Waals surface area contributed by atoms with Crippen molar-refractivity contribution in [1.29, 1.82) is 0 Å². The summed E-state index contributed by atoms with van der Waals surface area (Å²) in [5, 5.41) is 21.4. The first-order chi connectivity index (χ1) is 14.0. The summed E-state index contributed by atoms with van der Waals surface area (Å²) in [5.41, 5.74) is 1.11. The van der Waals surface area contributed by atoms with E-state index in [1.165, 1.54) is 29.6 Å². The van der Waals surface area contributed by atoms with Gasteiger partial charge in [-0.15, -0.1) is 10.2 Å². The number of anilines is 1. The second-order valence-corrected chi connectivity index (χ2v) is 6.47. The van der Waals surface area contributed by atoms with Crippen LogP contribution in [0.1, 0.15) is 0 Å². The highest BCUT2D eigenvalue weighted by molar-refractivity contribution is 5.70. The van der Waals surface area contributed by atoms with Gasteiger partial charge in [-0.25, -0.2) is 9.78 Å². The minimum atomic E-state index is -1.06. The van der Waals surface area contributed by atoms with E-state index < -0.39 is 17.5 Å². The summed E-state index contributed by atoms with van der Waals surface area (Å²) >= 11 is 0. The van der Waals surface area contributed by atoms with Crippen molar-refractivity contribution in [2.45, 2.75) is 12.8 Å². The highest BCUT2D eigenvalue weighted by atomic mass is 16.3. The molecule has 0 spiro atoms. The lowest BCUT2D eigenvalue weighted by Crippen LogP contribution is -2.38. The molecule has 4 heterocycles. The van der Waals surface area contributed by atoms with Gasteiger partial charge in [0.2, 0.25) is 0 Å². The van der Waals surface area contributed by atoms with E-state index in [1.807, 2.05) is 12.1 Å². The van der Waals surface area contributed by atoms with Gasteiger partial charge in [-0.2, -0.15) is 0 Å². The Labute approximate surface area is 163 Å². The first kappa shape index (κ1) is 18.5. The summed E-state index contributed by atoms with van der Waals surface area (Å²) in [6.07, 6.45) is 3.69. The molecule has 0 aliphatic carbocycles. The van der Waals surface area contributed by atoms with Crippen LogP contribution in [0.2, 0.25) is 0 Å². The Kier molecular flexibility index (Phi) is 4.64. The van der Waals surface area contributed by atoms with Crippen molar-refractivity contribution in [3.63, 3.8) is 0 Å². The highest BCUT2D eigenvalue weighted by Gasteiger charge is 2.16. The van der Waals surface area contributed by atoms with E-state index in [-0.39, 0.29) is 17.7 Å². The zero-order valence-corrected chi connectivity index (χ0v) is 15.7. The molecule has 4 rings (SSSR count). The molecule has 148 valence electrons. The normalized spacial score (nSPS) is 12.2. The first-order valence-corrected chi connectivity index (χ1v) is 8.75. The summed E-state index contributed by atoms with van der Waals surface area (Å²) < 4.78 is 3.79. The Morgan fingerprint density at radius 3 is 2.52 bits per heavy atom. The predicted molar refractivity (Wildman–Crippen MR) is 105 cm³/mol. The fourth-order valence-electron chi connectivity index (χ4n) is 3.02. The van der Waals surface area contributed by atoms with Crippen LogP contribution in [-0.2, 0) is 20.6 Å². The van der Waals surface area contributed by atoms with Crippen LogP contribution in [0, 0.1) is 0 Å². The standard InChI is InChI=1S/C18H18N8O3/c1-24-16-15(17(28)25(2)18(24)29)26(10-20-16)9-14(27)21-13-4-3-12(22-23-13)11-5-7-19-8-6-11/h3-8,10,14,27H,9H2,1-2H3,(H,21,23). The van der Waals surface area contributed by atoms with Crippen molar-refractivity contribution in [2.24, 2.45) is 14.1 Å². The van der Waals surface area contributed by atoms with Gasteiger partial charge in [0.1, 0.15) is 6.23 Å². The summed E-state index contributed by atoms with van der Waals surface area (Å²) in [6, 6.07) is 7.12. The Bertz CT molecular complexity index is 1270. The van der Waals surface area contributed by atoms with Crippen molar-refractivity contribution < 1.29 is 5.11 Å². The minimum absolute atomic E-state index is 0.0255. The Hall–Kier alpha value is -3.86. The molecule has 4 aromatic rings. The molecule has 0 radical (unpaired) electrons. The van der Waals surface area contributed by atoms with Gasteiger partial charge in [-0.3, -0.25) is 18.9 Å². The van der Waals surface area contributed by atoms with Crippen LogP contribution in [0.5, 0.6) is 0 Å².